The molecule has 0 fully saturated rings. The van der Waals surface area contributed by atoms with Gasteiger partial charge in [0, 0.05) is 23.9 Å². The molecule has 0 aliphatic carbocycles. The lowest BCUT2D eigenvalue weighted by molar-refractivity contribution is 0.103. The summed E-state index contributed by atoms with van der Waals surface area (Å²) in [7, 11) is -3.58. The normalized spacial score (nSPS) is 11.5. The van der Waals surface area contributed by atoms with Crippen molar-refractivity contribution in [2.45, 2.75) is 18.4 Å². The van der Waals surface area contributed by atoms with Crippen molar-refractivity contribution in [1.29, 1.82) is 0 Å². The molecule has 6 nitrogen and oxygen atoms in total. The largest absolute Gasteiger partial charge is 0.493 e. The molecule has 140 valence electrons. The van der Waals surface area contributed by atoms with Crippen LogP contribution in [0.15, 0.2) is 53.6 Å². The highest BCUT2D eigenvalue weighted by Crippen LogP contribution is 2.38. The maximum absolute atomic E-state index is 12.9. The van der Waals surface area contributed by atoms with Crippen LogP contribution in [0, 0.1) is 0 Å². The minimum Gasteiger partial charge on any atom is -0.493 e. The first-order valence-corrected chi connectivity index (χ1v) is 10.4. The van der Waals surface area contributed by atoms with Crippen molar-refractivity contribution in [2.75, 3.05) is 6.26 Å². The molecule has 1 aromatic heterocycles. The number of halogens is 1. The van der Waals surface area contributed by atoms with E-state index >= 15 is 0 Å². The molecule has 0 spiro atoms. The van der Waals surface area contributed by atoms with Crippen LogP contribution < -0.4 is 0 Å². The Hall–Kier alpha value is -2.64. The number of sulfone groups is 1. The molecule has 0 aliphatic rings. The Labute approximate surface area is 161 Å². The highest BCUT2D eigenvalue weighted by atomic mass is 35.5. The zero-order valence-corrected chi connectivity index (χ0v) is 16.3. The second kappa shape index (κ2) is 7.17. The summed E-state index contributed by atoms with van der Waals surface area (Å²) >= 11 is 6.50. The predicted molar refractivity (Wildman–Crippen MR) is 103 cm³/mol. The van der Waals surface area contributed by atoms with E-state index < -0.39 is 15.6 Å². The molecule has 1 heterocycles. The van der Waals surface area contributed by atoms with Crippen molar-refractivity contribution in [3.05, 3.63) is 64.8 Å². The SMILES string of the molecule is CCn1ncc(C(=O)c2ccc(S(C)(=O)=O)c(-c3ccccc3)c2Cl)c1O. The van der Waals surface area contributed by atoms with E-state index in [2.05, 4.69) is 5.10 Å². The lowest BCUT2D eigenvalue weighted by Gasteiger charge is -2.14. The number of ketones is 1. The zero-order chi connectivity index (χ0) is 19.8. The zero-order valence-electron chi connectivity index (χ0n) is 14.7. The summed E-state index contributed by atoms with van der Waals surface area (Å²) in [6, 6.07) is 11.5. The molecular weight excluding hydrogens is 388 g/mol. The number of rotatable bonds is 5. The van der Waals surface area contributed by atoms with Crippen molar-refractivity contribution in [2.24, 2.45) is 0 Å². The lowest BCUT2D eigenvalue weighted by atomic mass is 9.99. The van der Waals surface area contributed by atoms with Crippen LogP contribution in [0.1, 0.15) is 22.8 Å². The molecule has 27 heavy (non-hydrogen) atoms. The number of carbonyl (C=O) groups is 1. The van der Waals surface area contributed by atoms with E-state index in [4.69, 9.17) is 11.6 Å². The Morgan fingerprint density at radius 3 is 2.37 bits per heavy atom. The lowest BCUT2D eigenvalue weighted by Crippen LogP contribution is -2.07. The number of hydrogen-bond donors (Lipinski definition) is 1. The maximum Gasteiger partial charge on any atom is 0.220 e. The van der Waals surface area contributed by atoms with E-state index in [1.807, 2.05) is 0 Å². The monoisotopic (exact) mass is 404 g/mol. The summed E-state index contributed by atoms with van der Waals surface area (Å²) < 4.78 is 25.7. The number of carbonyl (C=O) groups excluding carboxylic acids is 1. The summed E-state index contributed by atoms with van der Waals surface area (Å²) in [6.07, 6.45) is 2.36. The van der Waals surface area contributed by atoms with Crippen LogP contribution in [-0.4, -0.2) is 35.3 Å². The van der Waals surface area contributed by atoms with Gasteiger partial charge in [0.1, 0.15) is 5.56 Å². The topological polar surface area (TPSA) is 89.3 Å². The first-order valence-electron chi connectivity index (χ1n) is 8.13. The van der Waals surface area contributed by atoms with Crippen LogP contribution in [0.3, 0.4) is 0 Å². The molecule has 0 radical (unpaired) electrons. The molecule has 0 saturated carbocycles. The third kappa shape index (κ3) is 3.48. The van der Waals surface area contributed by atoms with E-state index in [9.17, 15) is 18.3 Å². The van der Waals surface area contributed by atoms with E-state index in [1.165, 1.54) is 23.0 Å². The Morgan fingerprint density at radius 2 is 1.81 bits per heavy atom. The fourth-order valence-electron chi connectivity index (χ4n) is 2.83. The predicted octanol–water partition coefficient (Wildman–Crippen LogP) is 3.56. The van der Waals surface area contributed by atoms with Crippen molar-refractivity contribution in [1.82, 2.24) is 9.78 Å². The summed E-state index contributed by atoms with van der Waals surface area (Å²) in [5.74, 6) is -0.790. The second-order valence-corrected chi connectivity index (χ2v) is 8.33. The number of aromatic nitrogens is 2. The van der Waals surface area contributed by atoms with Crippen LogP contribution in [0.25, 0.3) is 11.1 Å². The second-order valence-electron chi connectivity index (χ2n) is 5.97. The fraction of sp³-hybridized carbons (Fsp3) is 0.158. The first kappa shape index (κ1) is 19.1. The molecule has 0 amide bonds. The summed E-state index contributed by atoms with van der Waals surface area (Å²) in [5, 5.41) is 14.1. The van der Waals surface area contributed by atoms with Crippen molar-refractivity contribution in [3.8, 4) is 17.0 Å². The molecule has 8 heteroatoms. The molecule has 3 aromatic rings. The molecule has 0 bridgehead atoms. The number of benzene rings is 2. The Kier molecular flexibility index (Phi) is 5.08. The Morgan fingerprint density at radius 1 is 1.15 bits per heavy atom. The minimum atomic E-state index is -3.58. The van der Waals surface area contributed by atoms with E-state index in [-0.39, 0.29) is 32.5 Å². The van der Waals surface area contributed by atoms with Crippen molar-refractivity contribution >= 4 is 27.2 Å². The molecule has 0 saturated heterocycles. The molecule has 0 atom stereocenters. The van der Waals surface area contributed by atoms with E-state index in [1.54, 1.807) is 37.3 Å². The van der Waals surface area contributed by atoms with E-state index in [0.29, 0.717) is 12.1 Å². The first-order chi connectivity index (χ1) is 12.8. The minimum absolute atomic E-state index is 0.00451. The standard InChI is InChI=1S/C19H17ClN2O4S/c1-3-22-19(24)14(11-21-22)18(23)13-9-10-15(27(2,25)26)16(17(13)20)12-7-5-4-6-8-12/h4-11,24H,3H2,1-2H3. The van der Waals surface area contributed by atoms with Crippen LogP contribution in [0.4, 0.5) is 0 Å². The van der Waals surface area contributed by atoms with Gasteiger partial charge in [0.05, 0.1) is 16.1 Å². The third-order valence-corrected chi connectivity index (χ3v) is 5.70. The highest BCUT2D eigenvalue weighted by Gasteiger charge is 2.25. The van der Waals surface area contributed by atoms with Gasteiger partial charge in [-0.05, 0) is 24.6 Å². The van der Waals surface area contributed by atoms with Gasteiger partial charge in [0.2, 0.25) is 11.7 Å². The quantitative estimate of drug-likeness (QED) is 0.656. The van der Waals surface area contributed by atoms with E-state index in [0.717, 1.165) is 6.26 Å². The summed E-state index contributed by atoms with van der Waals surface area (Å²) in [6.45, 7) is 2.18. The molecule has 0 aliphatic heterocycles. The number of aromatic hydroxyl groups is 1. The van der Waals surface area contributed by atoms with Gasteiger partial charge in [-0.1, -0.05) is 41.9 Å². The van der Waals surface area contributed by atoms with Gasteiger partial charge < -0.3 is 5.11 Å². The van der Waals surface area contributed by atoms with Crippen molar-refractivity contribution < 1.29 is 18.3 Å². The molecule has 3 rings (SSSR count). The number of hydrogen-bond acceptors (Lipinski definition) is 5. The number of nitrogens with zero attached hydrogens (tertiary/aromatic N) is 2. The van der Waals surface area contributed by atoms with Gasteiger partial charge in [-0.2, -0.15) is 5.10 Å². The average molecular weight is 405 g/mol. The molecule has 2 aromatic carbocycles. The fourth-order valence-corrected chi connectivity index (χ4v) is 4.15. The van der Waals surface area contributed by atoms with Crippen LogP contribution in [-0.2, 0) is 16.4 Å². The van der Waals surface area contributed by atoms with Gasteiger partial charge in [-0.3, -0.25) is 4.79 Å². The van der Waals surface area contributed by atoms with Gasteiger partial charge in [-0.15, -0.1) is 0 Å². The Balaban J connectivity index is 2.24. The highest BCUT2D eigenvalue weighted by molar-refractivity contribution is 7.90. The summed E-state index contributed by atoms with van der Waals surface area (Å²) in [4.78, 5) is 12.9. The third-order valence-electron chi connectivity index (χ3n) is 4.17. The average Bonchev–Trinajstić information content (AvgIpc) is 3.01. The maximum atomic E-state index is 12.9. The molecular formula is C19H17ClN2O4S. The smallest absolute Gasteiger partial charge is 0.220 e. The number of aryl methyl sites for hydroxylation is 1. The van der Waals surface area contributed by atoms with Crippen LogP contribution in [0.2, 0.25) is 5.02 Å². The summed E-state index contributed by atoms with van der Waals surface area (Å²) in [5.41, 5.74) is 0.929. The van der Waals surface area contributed by atoms with Gasteiger partial charge in [-0.25, -0.2) is 13.1 Å². The van der Waals surface area contributed by atoms with Crippen LogP contribution in [0.5, 0.6) is 5.88 Å². The molecule has 0 unspecified atom stereocenters. The van der Waals surface area contributed by atoms with Gasteiger partial charge in [0.25, 0.3) is 0 Å². The van der Waals surface area contributed by atoms with Gasteiger partial charge >= 0.3 is 0 Å². The van der Waals surface area contributed by atoms with Crippen molar-refractivity contribution in [3.63, 3.8) is 0 Å². The van der Waals surface area contributed by atoms with Crippen LogP contribution >= 0.6 is 11.6 Å². The molecule has 1 N–H and O–H groups in total. The van der Waals surface area contributed by atoms with Gasteiger partial charge in [0.15, 0.2) is 9.84 Å². The Bertz CT molecular complexity index is 1120.